The van der Waals surface area contributed by atoms with Crippen molar-refractivity contribution in [2.45, 2.75) is 13.3 Å². The van der Waals surface area contributed by atoms with Crippen molar-refractivity contribution in [3.8, 4) is 0 Å². The molecule has 0 bridgehead atoms. The van der Waals surface area contributed by atoms with Gasteiger partial charge in [-0.25, -0.2) is 4.39 Å². The predicted octanol–water partition coefficient (Wildman–Crippen LogP) is 3.22. The zero-order valence-corrected chi connectivity index (χ0v) is 11.3. The van der Waals surface area contributed by atoms with Gasteiger partial charge in [0.1, 0.15) is 5.82 Å². The highest BCUT2D eigenvalue weighted by Crippen LogP contribution is 2.25. The van der Waals surface area contributed by atoms with Gasteiger partial charge in [0.15, 0.2) is 0 Å². The Balaban J connectivity index is 2.13. The maximum absolute atomic E-state index is 13.0. The Bertz CT molecular complexity index is 701. The van der Waals surface area contributed by atoms with Crippen LogP contribution in [-0.4, -0.2) is 10.8 Å². The average Bonchev–Trinajstić information content (AvgIpc) is 2.40. The van der Waals surface area contributed by atoms with Crippen molar-refractivity contribution in [1.82, 2.24) is 0 Å². The fourth-order valence-corrected chi connectivity index (χ4v) is 1.98. The van der Waals surface area contributed by atoms with Crippen molar-refractivity contribution < 1.29 is 14.1 Å². The van der Waals surface area contributed by atoms with Crippen LogP contribution in [0.2, 0.25) is 0 Å². The normalized spacial score (nSPS) is 10.2. The van der Waals surface area contributed by atoms with Crippen LogP contribution in [-0.2, 0) is 11.2 Å². The Hall–Kier alpha value is -2.76. The molecule has 2 rings (SSSR count). The number of benzene rings is 2. The molecule has 2 aromatic carbocycles. The van der Waals surface area contributed by atoms with E-state index < -0.39 is 10.7 Å². The van der Waals surface area contributed by atoms with Gasteiger partial charge in [-0.1, -0.05) is 18.2 Å². The second-order valence-corrected chi connectivity index (χ2v) is 4.56. The van der Waals surface area contributed by atoms with E-state index in [4.69, 9.17) is 0 Å². The number of nitro benzene ring substituents is 1. The highest BCUT2D eigenvalue weighted by atomic mass is 19.1. The summed E-state index contributed by atoms with van der Waals surface area (Å²) in [7, 11) is 0. The number of carbonyl (C=O) groups excluding carboxylic acids is 1. The first-order valence-electron chi connectivity index (χ1n) is 6.25. The van der Waals surface area contributed by atoms with Crippen LogP contribution >= 0.6 is 0 Å². The third kappa shape index (κ3) is 3.62. The lowest BCUT2D eigenvalue weighted by molar-refractivity contribution is -0.385. The van der Waals surface area contributed by atoms with Crippen molar-refractivity contribution in [1.29, 1.82) is 0 Å². The van der Waals surface area contributed by atoms with Crippen LogP contribution in [0.1, 0.15) is 11.1 Å². The molecule has 0 aliphatic rings. The Labute approximate surface area is 120 Å². The zero-order valence-electron chi connectivity index (χ0n) is 11.3. The fraction of sp³-hybridized carbons (Fsp3) is 0.133. The van der Waals surface area contributed by atoms with Gasteiger partial charge in [-0.2, -0.15) is 0 Å². The van der Waals surface area contributed by atoms with E-state index >= 15 is 0 Å². The largest absolute Gasteiger partial charge is 0.325 e. The standard InChI is InChI=1S/C15H13FN2O3/c1-10-13(6-3-7-14(10)18(20)21)17-15(19)9-11-4-2-5-12(16)8-11/h2-8H,9H2,1H3,(H,17,19). The molecule has 0 atom stereocenters. The summed E-state index contributed by atoms with van der Waals surface area (Å²) in [6, 6.07) is 10.2. The number of amides is 1. The van der Waals surface area contributed by atoms with E-state index in [2.05, 4.69) is 5.32 Å². The number of nitrogens with zero attached hydrogens (tertiary/aromatic N) is 1. The van der Waals surface area contributed by atoms with Crippen molar-refractivity contribution in [3.63, 3.8) is 0 Å². The van der Waals surface area contributed by atoms with E-state index in [1.807, 2.05) is 0 Å². The first-order valence-corrected chi connectivity index (χ1v) is 6.25. The lowest BCUT2D eigenvalue weighted by atomic mass is 10.1. The van der Waals surface area contributed by atoms with E-state index in [0.29, 0.717) is 16.8 Å². The number of nitro groups is 1. The van der Waals surface area contributed by atoms with Crippen LogP contribution in [0.3, 0.4) is 0 Å². The second kappa shape index (κ2) is 6.13. The summed E-state index contributed by atoms with van der Waals surface area (Å²) < 4.78 is 13.0. The van der Waals surface area contributed by atoms with Gasteiger partial charge >= 0.3 is 0 Å². The summed E-state index contributed by atoms with van der Waals surface area (Å²) in [6.45, 7) is 1.57. The van der Waals surface area contributed by atoms with Gasteiger partial charge in [0.05, 0.1) is 22.6 Å². The van der Waals surface area contributed by atoms with Crippen LogP contribution in [0.5, 0.6) is 0 Å². The molecule has 0 aromatic heterocycles. The quantitative estimate of drug-likeness (QED) is 0.693. The van der Waals surface area contributed by atoms with E-state index in [1.54, 1.807) is 19.1 Å². The van der Waals surface area contributed by atoms with Gasteiger partial charge in [-0.3, -0.25) is 14.9 Å². The SMILES string of the molecule is Cc1c(NC(=O)Cc2cccc(F)c2)cccc1[N+](=O)[O-]. The monoisotopic (exact) mass is 288 g/mol. The summed E-state index contributed by atoms with van der Waals surface area (Å²) >= 11 is 0. The van der Waals surface area contributed by atoms with Crippen LogP contribution in [0.4, 0.5) is 15.8 Å². The summed E-state index contributed by atoms with van der Waals surface area (Å²) in [6.07, 6.45) is -0.000107. The molecule has 108 valence electrons. The minimum absolute atomic E-state index is 0.000107. The Morgan fingerprint density at radius 2 is 2.00 bits per heavy atom. The van der Waals surface area contributed by atoms with Crippen LogP contribution in [0, 0.1) is 22.9 Å². The van der Waals surface area contributed by atoms with Gasteiger partial charge in [0, 0.05) is 6.07 Å². The van der Waals surface area contributed by atoms with E-state index in [1.165, 1.54) is 30.3 Å². The number of hydrogen-bond donors (Lipinski definition) is 1. The first-order chi connectivity index (χ1) is 9.97. The molecule has 0 aliphatic carbocycles. The average molecular weight is 288 g/mol. The zero-order chi connectivity index (χ0) is 15.4. The Morgan fingerprint density at radius 3 is 2.67 bits per heavy atom. The summed E-state index contributed by atoms with van der Waals surface area (Å²) in [5, 5.41) is 13.4. The molecule has 0 heterocycles. The molecule has 1 amide bonds. The Kier molecular flexibility index (Phi) is 4.27. The molecule has 0 unspecified atom stereocenters. The van der Waals surface area contributed by atoms with Gasteiger partial charge < -0.3 is 5.32 Å². The summed E-state index contributed by atoms with van der Waals surface area (Å²) in [5.74, 6) is -0.768. The van der Waals surface area contributed by atoms with Crippen molar-refractivity contribution in [2.24, 2.45) is 0 Å². The summed E-state index contributed by atoms with van der Waals surface area (Å²) in [5.41, 5.74) is 1.25. The molecule has 0 fully saturated rings. The van der Waals surface area contributed by atoms with E-state index in [9.17, 15) is 19.3 Å². The first kappa shape index (κ1) is 14.6. The van der Waals surface area contributed by atoms with Gasteiger partial charge in [-0.05, 0) is 30.7 Å². The minimum Gasteiger partial charge on any atom is -0.325 e. The molecule has 0 radical (unpaired) electrons. The van der Waals surface area contributed by atoms with Crippen molar-refractivity contribution in [3.05, 3.63) is 69.5 Å². The molecule has 6 heteroatoms. The number of anilines is 1. The summed E-state index contributed by atoms with van der Waals surface area (Å²) in [4.78, 5) is 22.3. The molecule has 2 aromatic rings. The smallest absolute Gasteiger partial charge is 0.274 e. The van der Waals surface area contributed by atoms with Gasteiger partial charge in [-0.15, -0.1) is 0 Å². The molecule has 0 spiro atoms. The Morgan fingerprint density at radius 1 is 1.29 bits per heavy atom. The molecular formula is C15H13FN2O3. The number of halogens is 1. The maximum Gasteiger partial charge on any atom is 0.274 e. The third-order valence-corrected chi connectivity index (χ3v) is 3.03. The lowest BCUT2D eigenvalue weighted by Crippen LogP contribution is -2.15. The third-order valence-electron chi connectivity index (χ3n) is 3.03. The van der Waals surface area contributed by atoms with Crippen molar-refractivity contribution >= 4 is 17.3 Å². The lowest BCUT2D eigenvalue weighted by Gasteiger charge is -2.08. The minimum atomic E-state index is -0.502. The molecule has 0 aliphatic heterocycles. The number of carbonyl (C=O) groups is 1. The highest BCUT2D eigenvalue weighted by Gasteiger charge is 2.14. The van der Waals surface area contributed by atoms with Crippen LogP contribution in [0.25, 0.3) is 0 Å². The molecule has 1 N–H and O–H groups in total. The second-order valence-electron chi connectivity index (χ2n) is 4.56. The number of hydrogen-bond acceptors (Lipinski definition) is 3. The fourth-order valence-electron chi connectivity index (χ4n) is 1.98. The van der Waals surface area contributed by atoms with Crippen LogP contribution < -0.4 is 5.32 Å². The van der Waals surface area contributed by atoms with Gasteiger partial charge in [0.25, 0.3) is 5.69 Å². The highest BCUT2D eigenvalue weighted by molar-refractivity contribution is 5.93. The predicted molar refractivity (Wildman–Crippen MR) is 76.6 cm³/mol. The van der Waals surface area contributed by atoms with E-state index in [-0.39, 0.29) is 18.0 Å². The topological polar surface area (TPSA) is 72.2 Å². The maximum atomic E-state index is 13.0. The van der Waals surface area contributed by atoms with E-state index in [0.717, 1.165) is 0 Å². The van der Waals surface area contributed by atoms with Crippen molar-refractivity contribution in [2.75, 3.05) is 5.32 Å². The number of rotatable bonds is 4. The molecular weight excluding hydrogens is 275 g/mol. The van der Waals surface area contributed by atoms with Crippen LogP contribution in [0.15, 0.2) is 42.5 Å². The molecule has 0 saturated heterocycles. The number of nitrogens with one attached hydrogen (secondary N) is 1. The molecule has 0 saturated carbocycles. The molecule has 5 nitrogen and oxygen atoms in total. The molecule has 21 heavy (non-hydrogen) atoms. The van der Waals surface area contributed by atoms with Gasteiger partial charge in [0.2, 0.25) is 5.91 Å².